The van der Waals surface area contributed by atoms with Crippen molar-refractivity contribution in [2.24, 2.45) is 0 Å². The molecule has 1 aliphatic carbocycles. The average Bonchev–Trinajstić information content (AvgIpc) is 3.15. The summed E-state index contributed by atoms with van der Waals surface area (Å²) < 4.78 is 13.4. The molecule has 0 radical (unpaired) electrons. The lowest BCUT2D eigenvalue weighted by Crippen LogP contribution is -2.45. The third-order valence-electron chi connectivity index (χ3n) is 4.27. The van der Waals surface area contributed by atoms with Gasteiger partial charge >= 0.3 is 0 Å². The molecule has 20 heavy (non-hydrogen) atoms. The van der Waals surface area contributed by atoms with Crippen LogP contribution in [0.1, 0.15) is 31.7 Å². The Morgan fingerprint density at radius 1 is 1.50 bits per heavy atom. The first-order chi connectivity index (χ1) is 9.59. The van der Waals surface area contributed by atoms with E-state index in [1.807, 2.05) is 13.0 Å². The average molecular weight is 273 g/mol. The summed E-state index contributed by atoms with van der Waals surface area (Å²) in [4.78, 5) is 2.20. The molecule has 2 aliphatic rings. The van der Waals surface area contributed by atoms with Crippen molar-refractivity contribution in [1.29, 1.82) is 5.26 Å². The lowest BCUT2D eigenvalue weighted by molar-refractivity contribution is 0.415. The maximum absolute atomic E-state index is 13.4. The molecule has 1 N–H and O–H groups in total. The van der Waals surface area contributed by atoms with E-state index in [1.165, 1.54) is 24.5 Å². The summed E-state index contributed by atoms with van der Waals surface area (Å²) in [5.74, 6) is -0.185. The fraction of sp³-hybridized carbons (Fsp3) is 0.562. The van der Waals surface area contributed by atoms with E-state index in [1.54, 1.807) is 6.07 Å². The zero-order chi connectivity index (χ0) is 14.2. The van der Waals surface area contributed by atoms with E-state index < -0.39 is 5.54 Å². The Labute approximate surface area is 119 Å². The second-order valence-electron chi connectivity index (χ2n) is 6.12. The molecular weight excluding hydrogens is 253 g/mol. The molecule has 106 valence electrons. The molecule has 1 heterocycles. The van der Waals surface area contributed by atoms with E-state index in [4.69, 9.17) is 0 Å². The van der Waals surface area contributed by atoms with Gasteiger partial charge in [0.1, 0.15) is 11.4 Å². The minimum atomic E-state index is -0.475. The lowest BCUT2D eigenvalue weighted by atomic mass is 9.99. The zero-order valence-corrected chi connectivity index (χ0v) is 11.8. The van der Waals surface area contributed by atoms with Crippen molar-refractivity contribution in [2.75, 3.05) is 18.0 Å². The number of hydrogen-bond donors (Lipinski definition) is 1. The van der Waals surface area contributed by atoms with Gasteiger partial charge in [-0.05, 0) is 50.3 Å². The number of nitrogens with zero attached hydrogens (tertiary/aromatic N) is 2. The van der Waals surface area contributed by atoms with E-state index >= 15 is 0 Å². The maximum atomic E-state index is 13.4. The van der Waals surface area contributed by atoms with Crippen LogP contribution in [0, 0.1) is 17.1 Å². The van der Waals surface area contributed by atoms with Crippen LogP contribution in [-0.4, -0.2) is 24.7 Å². The van der Waals surface area contributed by atoms with Crippen molar-refractivity contribution in [3.05, 3.63) is 29.6 Å². The molecule has 1 unspecified atom stereocenters. The van der Waals surface area contributed by atoms with Crippen LogP contribution in [0.2, 0.25) is 0 Å². The van der Waals surface area contributed by atoms with Crippen molar-refractivity contribution < 1.29 is 4.39 Å². The molecule has 1 fully saturated rings. The Kier molecular flexibility index (Phi) is 3.39. The van der Waals surface area contributed by atoms with Gasteiger partial charge in [-0.3, -0.25) is 5.32 Å². The van der Waals surface area contributed by atoms with E-state index in [-0.39, 0.29) is 5.82 Å². The van der Waals surface area contributed by atoms with Crippen LogP contribution in [0.25, 0.3) is 0 Å². The number of halogens is 1. The van der Waals surface area contributed by atoms with Crippen LogP contribution in [-0.2, 0) is 6.42 Å². The topological polar surface area (TPSA) is 39.1 Å². The van der Waals surface area contributed by atoms with Gasteiger partial charge in [0.2, 0.25) is 0 Å². The molecule has 0 saturated heterocycles. The van der Waals surface area contributed by atoms with Gasteiger partial charge in [-0.15, -0.1) is 0 Å². The molecule has 4 heteroatoms. The fourth-order valence-electron chi connectivity index (χ4n) is 2.85. The minimum absolute atomic E-state index is 0.185. The van der Waals surface area contributed by atoms with Gasteiger partial charge in [-0.2, -0.15) is 5.26 Å². The quantitative estimate of drug-likeness (QED) is 0.896. The van der Waals surface area contributed by atoms with Gasteiger partial charge in [-0.1, -0.05) is 6.07 Å². The second-order valence-corrected chi connectivity index (χ2v) is 6.12. The molecule has 0 spiro atoms. The molecule has 1 aromatic rings. The van der Waals surface area contributed by atoms with Crippen molar-refractivity contribution in [3.8, 4) is 6.07 Å². The standard InChI is InChI=1S/C16H20FN3/c1-16(11-18,19-14-4-5-14)7-9-20-8-6-12-2-3-13(17)10-15(12)20/h2-3,10,14,19H,4-9H2,1H3. The number of nitriles is 1. The summed E-state index contributed by atoms with van der Waals surface area (Å²) in [7, 11) is 0. The number of anilines is 1. The molecule has 0 bridgehead atoms. The van der Waals surface area contributed by atoms with E-state index in [9.17, 15) is 9.65 Å². The van der Waals surface area contributed by atoms with Crippen LogP contribution in [0.15, 0.2) is 18.2 Å². The molecule has 3 rings (SSSR count). The normalized spacial score (nSPS) is 20.4. The summed E-state index contributed by atoms with van der Waals surface area (Å²) in [6.45, 7) is 3.68. The first kappa shape index (κ1) is 13.4. The Morgan fingerprint density at radius 2 is 2.30 bits per heavy atom. The molecule has 0 aromatic heterocycles. The van der Waals surface area contributed by atoms with Crippen molar-refractivity contribution in [1.82, 2.24) is 5.32 Å². The van der Waals surface area contributed by atoms with Crippen molar-refractivity contribution in [3.63, 3.8) is 0 Å². The summed E-state index contributed by atoms with van der Waals surface area (Å²) in [5, 5.41) is 12.8. The molecule has 1 saturated carbocycles. The Bertz CT molecular complexity index is 547. The van der Waals surface area contributed by atoms with Gasteiger partial charge in [0, 0.05) is 24.8 Å². The van der Waals surface area contributed by atoms with Gasteiger partial charge < -0.3 is 4.90 Å². The summed E-state index contributed by atoms with van der Waals surface area (Å²) in [5.41, 5.74) is 1.73. The fourth-order valence-corrected chi connectivity index (χ4v) is 2.85. The molecule has 3 nitrogen and oxygen atoms in total. The van der Waals surface area contributed by atoms with Crippen LogP contribution >= 0.6 is 0 Å². The third kappa shape index (κ3) is 2.78. The number of rotatable bonds is 5. The maximum Gasteiger partial charge on any atom is 0.125 e. The highest BCUT2D eigenvalue weighted by molar-refractivity contribution is 5.58. The molecule has 1 atom stereocenters. The highest BCUT2D eigenvalue weighted by Gasteiger charge is 2.33. The number of benzene rings is 1. The number of nitrogens with one attached hydrogen (secondary N) is 1. The third-order valence-corrected chi connectivity index (χ3v) is 4.27. The highest BCUT2D eigenvalue weighted by Crippen LogP contribution is 2.30. The smallest absolute Gasteiger partial charge is 0.125 e. The Hall–Kier alpha value is -1.60. The second kappa shape index (κ2) is 5.06. The lowest BCUT2D eigenvalue weighted by Gasteiger charge is -2.27. The Morgan fingerprint density at radius 3 is 3.00 bits per heavy atom. The van der Waals surface area contributed by atoms with Gasteiger partial charge in [0.15, 0.2) is 0 Å². The van der Waals surface area contributed by atoms with Crippen LogP contribution in [0.5, 0.6) is 0 Å². The molecule has 1 aliphatic heterocycles. The zero-order valence-electron chi connectivity index (χ0n) is 11.8. The van der Waals surface area contributed by atoms with Crippen LogP contribution in [0.4, 0.5) is 10.1 Å². The van der Waals surface area contributed by atoms with Crippen molar-refractivity contribution >= 4 is 5.69 Å². The first-order valence-corrected chi connectivity index (χ1v) is 7.32. The Balaban J connectivity index is 1.65. The van der Waals surface area contributed by atoms with E-state index in [0.717, 1.165) is 31.6 Å². The van der Waals surface area contributed by atoms with Gasteiger partial charge in [0.25, 0.3) is 0 Å². The van der Waals surface area contributed by atoms with Gasteiger partial charge in [-0.25, -0.2) is 4.39 Å². The summed E-state index contributed by atoms with van der Waals surface area (Å²) in [6, 6.07) is 7.92. The minimum Gasteiger partial charge on any atom is -0.371 e. The van der Waals surface area contributed by atoms with Crippen LogP contribution < -0.4 is 10.2 Å². The SMILES string of the molecule is CC(C#N)(CCN1CCc2ccc(F)cc21)NC1CC1. The predicted molar refractivity (Wildman–Crippen MR) is 77.1 cm³/mol. The first-order valence-electron chi connectivity index (χ1n) is 7.32. The summed E-state index contributed by atoms with van der Waals surface area (Å²) in [6.07, 6.45) is 4.08. The predicted octanol–water partition coefficient (Wildman–Crippen LogP) is 2.61. The summed E-state index contributed by atoms with van der Waals surface area (Å²) >= 11 is 0. The monoisotopic (exact) mass is 273 g/mol. The number of fused-ring (bicyclic) bond motifs is 1. The van der Waals surface area contributed by atoms with Gasteiger partial charge in [0.05, 0.1) is 6.07 Å². The number of hydrogen-bond acceptors (Lipinski definition) is 3. The molecular formula is C16H20FN3. The van der Waals surface area contributed by atoms with Crippen LogP contribution in [0.3, 0.4) is 0 Å². The molecule has 0 amide bonds. The van der Waals surface area contributed by atoms with E-state index in [0.29, 0.717) is 6.04 Å². The molecule has 1 aromatic carbocycles. The van der Waals surface area contributed by atoms with E-state index in [2.05, 4.69) is 16.3 Å². The van der Waals surface area contributed by atoms with Crippen molar-refractivity contribution in [2.45, 2.75) is 44.2 Å². The largest absolute Gasteiger partial charge is 0.371 e. The highest BCUT2D eigenvalue weighted by atomic mass is 19.1.